The summed E-state index contributed by atoms with van der Waals surface area (Å²) in [4.78, 5) is 28.0. The van der Waals surface area contributed by atoms with Gasteiger partial charge in [-0.3, -0.25) is 9.59 Å². The number of benzene rings is 1. The highest BCUT2D eigenvalue weighted by atomic mass is 35.5. The van der Waals surface area contributed by atoms with E-state index in [9.17, 15) is 9.59 Å². The second-order valence-electron chi connectivity index (χ2n) is 9.23. The van der Waals surface area contributed by atoms with Crippen LogP contribution in [-0.4, -0.2) is 47.6 Å². The lowest BCUT2D eigenvalue weighted by Crippen LogP contribution is -3.18. The van der Waals surface area contributed by atoms with Crippen LogP contribution in [-0.2, 0) is 11.3 Å². The first kappa shape index (κ1) is 19.8. The third kappa shape index (κ3) is 3.58. The summed E-state index contributed by atoms with van der Waals surface area (Å²) in [7, 11) is 0. The zero-order valence-corrected chi connectivity index (χ0v) is 18.2. The largest absolute Gasteiger partial charge is 0.342 e. The van der Waals surface area contributed by atoms with E-state index in [0.29, 0.717) is 17.9 Å². The molecule has 3 atom stereocenters. The van der Waals surface area contributed by atoms with Crippen LogP contribution < -0.4 is 10.5 Å². The topological polar surface area (TPSA) is 46.8 Å². The Balaban J connectivity index is 1.44. The third-order valence-corrected chi connectivity index (χ3v) is 7.65. The van der Waals surface area contributed by atoms with Crippen LogP contribution in [0.1, 0.15) is 37.8 Å². The van der Waals surface area contributed by atoms with Crippen molar-refractivity contribution in [2.24, 2.45) is 5.92 Å². The summed E-state index contributed by atoms with van der Waals surface area (Å²) in [5, 5.41) is 0.728. The number of nitrogens with zero attached hydrogens (tertiary/aromatic N) is 2. The van der Waals surface area contributed by atoms with Gasteiger partial charge in [-0.25, -0.2) is 0 Å². The molecule has 1 N–H and O–H groups in total. The molecule has 2 bridgehead atoms. The summed E-state index contributed by atoms with van der Waals surface area (Å²) in [5.74, 6) is 1.15. The quantitative estimate of drug-likeness (QED) is 0.800. The van der Waals surface area contributed by atoms with Crippen molar-refractivity contribution in [1.82, 2.24) is 9.47 Å². The summed E-state index contributed by atoms with van der Waals surface area (Å²) < 4.78 is 2.04. The summed E-state index contributed by atoms with van der Waals surface area (Å²) >= 11 is 6.10. The van der Waals surface area contributed by atoms with E-state index in [1.165, 1.54) is 17.7 Å². The fourth-order valence-corrected chi connectivity index (χ4v) is 6.10. The van der Waals surface area contributed by atoms with Crippen LogP contribution in [0.2, 0.25) is 5.02 Å². The number of fused-ring (bicyclic) bond motifs is 4. The highest BCUT2D eigenvalue weighted by Gasteiger charge is 2.41. The summed E-state index contributed by atoms with van der Waals surface area (Å²) in [5.41, 5.74) is 3.63. The number of hydrogen-bond donors (Lipinski definition) is 1. The van der Waals surface area contributed by atoms with E-state index >= 15 is 0 Å². The minimum absolute atomic E-state index is 0.121. The van der Waals surface area contributed by atoms with E-state index < -0.39 is 0 Å². The number of likely N-dealkylation sites (tertiary alicyclic amines) is 2. The SMILES string of the molecule is CC(=O)N1CCC([NH+]2C[C@@H]3C[C@H](C2)c2c(-c4ccc(Cl)cc4)ccc(=O)n2C3)CC1. The first-order chi connectivity index (χ1) is 14.5. The molecule has 0 spiro atoms. The van der Waals surface area contributed by atoms with Gasteiger partial charge >= 0.3 is 0 Å². The van der Waals surface area contributed by atoms with Gasteiger partial charge in [0.2, 0.25) is 5.91 Å². The van der Waals surface area contributed by atoms with Crippen LogP contribution in [0, 0.1) is 5.92 Å². The average molecular weight is 427 g/mol. The van der Waals surface area contributed by atoms with E-state index in [1.807, 2.05) is 27.7 Å². The molecule has 4 heterocycles. The highest BCUT2D eigenvalue weighted by Crippen LogP contribution is 2.37. The van der Waals surface area contributed by atoms with E-state index in [0.717, 1.165) is 56.2 Å². The minimum atomic E-state index is 0.121. The van der Waals surface area contributed by atoms with Gasteiger partial charge in [-0.05, 0) is 30.2 Å². The Bertz CT molecular complexity index is 1010. The summed E-state index contributed by atoms with van der Waals surface area (Å²) in [6.07, 6.45) is 3.33. The number of quaternary nitrogens is 1. The molecule has 5 nitrogen and oxygen atoms in total. The molecule has 1 aromatic carbocycles. The zero-order chi connectivity index (χ0) is 20.8. The second-order valence-corrected chi connectivity index (χ2v) is 9.67. The van der Waals surface area contributed by atoms with Crippen LogP contribution in [0.25, 0.3) is 11.1 Å². The average Bonchev–Trinajstić information content (AvgIpc) is 2.75. The number of hydrogen-bond acceptors (Lipinski definition) is 2. The van der Waals surface area contributed by atoms with Crippen molar-refractivity contribution in [2.45, 2.75) is 44.7 Å². The third-order valence-electron chi connectivity index (χ3n) is 7.40. The number of halogens is 1. The number of amides is 1. The number of aromatic nitrogens is 1. The van der Waals surface area contributed by atoms with Gasteiger partial charge in [-0.1, -0.05) is 23.7 Å². The first-order valence-electron chi connectivity index (χ1n) is 11.1. The molecule has 1 aromatic heterocycles. The molecule has 2 saturated heterocycles. The normalized spacial score (nSPS) is 26.3. The molecular formula is C24H29ClN3O2+. The maximum Gasteiger partial charge on any atom is 0.250 e. The fraction of sp³-hybridized carbons (Fsp3) is 0.500. The monoisotopic (exact) mass is 426 g/mol. The lowest BCUT2D eigenvalue weighted by atomic mass is 9.79. The van der Waals surface area contributed by atoms with Crippen LogP contribution in [0.3, 0.4) is 0 Å². The van der Waals surface area contributed by atoms with E-state index in [1.54, 1.807) is 17.9 Å². The Morgan fingerprint density at radius 2 is 1.80 bits per heavy atom. The predicted octanol–water partition coefficient (Wildman–Crippen LogP) is 2.18. The van der Waals surface area contributed by atoms with E-state index in [2.05, 4.69) is 12.1 Å². The van der Waals surface area contributed by atoms with Gasteiger partial charge in [0.25, 0.3) is 5.56 Å². The number of carbonyl (C=O) groups excluding carboxylic acids is 1. The maximum absolute atomic E-state index is 12.7. The van der Waals surface area contributed by atoms with Gasteiger partial charge in [-0.15, -0.1) is 0 Å². The molecule has 1 unspecified atom stereocenters. The maximum atomic E-state index is 12.7. The summed E-state index contributed by atoms with van der Waals surface area (Å²) in [6, 6.07) is 12.3. The number of carbonyl (C=O) groups is 1. The van der Waals surface area contributed by atoms with Crippen LogP contribution in [0.4, 0.5) is 0 Å². The van der Waals surface area contributed by atoms with Gasteiger partial charge in [0.1, 0.15) is 0 Å². The van der Waals surface area contributed by atoms with Crippen molar-refractivity contribution >= 4 is 17.5 Å². The molecule has 0 saturated carbocycles. The number of pyridine rings is 1. The van der Waals surface area contributed by atoms with Crippen molar-refractivity contribution in [3.05, 3.63) is 57.5 Å². The standard InChI is InChI=1S/C24H28ClN3O2/c1-16(29)26-10-8-21(9-11-26)27-13-17-12-19(15-27)24-22(6-7-23(30)28(24)14-17)18-2-4-20(25)5-3-18/h2-7,17,19,21H,8-15H2,1H3/p+1/t17-,19+/m0/s1. The molecule has 5 rings (SSSR count). The van der Waals surface area contributed by atoms with Crippen molar-refractivity contribution in [1.29, 1.82) is 0 Å². The number of rotatable bonds is 2. The van der Waals surface area contributed by atoms with Gasteiger partial charge in [-0.2, -0.15) is 0 Å². The Kier molecular flexibility index (Phi) is 5.19. The fourth-order valence-electron chi connectivity index (χ4n) is 5.98. The first-order valence-corrected chi connectivity index (χ1v) is 11.5. The predicted molar refractivity (Wildman–Crippen MR) is 118 cm³/mol. The molecular weight excluding hydrogens is 398 g/mol. The van der Waals surface area contributed by atoms with Gasteiger partial charge in [0.05, 0.1) is 19.1 Å². The Labute approximate surface area is 182 Å². The molecule has 6 heteroatoms. The van der Waals surface area contributed by atoms with Crippen molar-refractivity contribution in [2.75, 3.05) is 26.2 Å². The van der Waals surface area contributed by atoms with Gasteiger partial charge in [0.15, 0.2) is 0 Å². The molecule has 30 heavy (non-hydrogen) atoms. The summed E-state index contributed by atoms with van der Waals surface area (Å²) in [6.45, 7) is 6.46. The Morgan fingerprint density at radius 1 is 1.07 bits per heavy atom. The van der Waals surface area contributed by atoms with E-state index in [4.69, 9.17) is 11.6 Å². The van der Waals surface area contributed by atoms with E-state index in [-0.39, 0.29) is 11.5 Å². The van der Waals surface area contributed by atoms with Crippen LogP contribution in [0.15, 0.2) is 41.2 Å². The second kappa shape index (κ2) is 7.86. The lowest BCUT2D eigenvalue weighted by molar-refractivity contribution is -0.937. The highest BCUT2D eigenvalue weighted by molar-refractivity contribution is 6.30. The zero-order valence-electron chi connectivity index (χ0n) is 17.4. The molecule has 2 aromatic rings. The van der Waals surface area contributed by atoms with Gasteiger partial charge in [0, 0.05) is 73.6 Å². The Morgan fingerprint density at radius 3 is 2.50 bits per heavy atom. The number of nitrogens with one attached hydrogen (secondary N) is 1. The molecule has 3 aliphatic heterocycles. The van der Waals surface area contributed by atoms with Crippen molar-refractivity contribution in [3.8, 4) is 11.1 Å². The molecule has 0 radical (unpaired) electrons. The molecule has 0 aliphatic carbocycles. The van der Waals surface area contributed by atoms with Crippen LogP contribution >= 0.6 is 11.6 Å². The molecule has 158 valence electrons. The van der Waals surface area contributed by atoms with Crippen LogP contribution in [0.5, 0.6) is 0 Å². The lowest BCUT2D eigenvalue weighted by Gasteiger charge is -2.45. The molecule has 3 aliphatic rings. The number of piperidine rings is 2. The molecule has 2 fully saturated rings. The van der Waals surface area contributed by atoms with Gasteiger partial charge < -0.3 is 14.4 Å². The smallest absolute Gasteiger partial charge is 0.250 e. The molecule has 1 amide bonds. The van der Waals surface area contributed by atoms with Crippen molar-refractivity contribution in [3.63, 3.8) is 0 Å². The Hall–Kier alpha value is -2.11. The minimum Gasteiger partial charge on any atom is -0.342 e. The van der Waals surface area contributed by atoms with Crippen molar-refractivity contribution < 1.29 is 9.69 Å².